The zero-order chi connectivity index (χ0) is 16.9. The Labute approximate surface area is 144 Å². The Kier molecular flexibility index (Phi) is 4.91. The first-order valence-electron chi connectivity index (χ1n) is 7.44. The van der Waals surface area contributed by atoms with Crippen molar-refractivity contribution in [2.75, 3.05) is 10.6 Å². The third kappa shape index (κ3) is 4.20. The fourth-order valence-electron chi connectivity index (χ4n) is 2.14. The van der Waals surface area contributed by atoms with Crippen LogP contribution in [0.25, 0.3) is 0 Å². The average molecular weight is 343 g/mol. The molecule has 0 aliphatic rings. The number of hydrogen-bond acceptors (Lipinski definition) is 4. The van der Waals surface area contributed by atoms with Crippen LogP contribution in [0.5, 0.6) is 0 Å². The highest BCUT2D eigenvalue weighted by atomic mass is 35.5. The summed E-state index contributed by atoms with van der Waals surface area (Å²) in [6.07, 6.45) is 1.46. The zero-order valence-corrected chi connectivity index (χ0v) is 13.8. The summed E-state index contributed by atoms with van der Waals surface area (Å²) in [5.41, 5.74) is 3.05. The van der Waals surface area contributed by atoms with Gasteiger partial charge in [-0.05, 0) is 30.7 Å². The molecule has 0 spiro atoms. The monoisotopic (exact) mass is 342 g/mol. The van der Waals surface area contributed by atoms with E-state index in [9.17, 15) is 4.39 Å². The largest absolute Gasteiger partial charge is 0.366 e. The van der Waals surface area contributed by atoms with Crippen LogP contribution in [-0.2, 0) is 6.54 Å². The molecule has 0 aliphatic carbocycles. The molecule has 0 atom stereocenters. The van der Waals surface area contributed by atoms with Crippen LogP contribution in [0.3, 0.4) is 0 Å². The summed E-state index contributed by atoms with van der Waals surface area (Å²) in [5, 5.41) is 6.39. The molecule has 2 N–H and O–H groups in total. The van der Waals surface area contributed by atoms with Gasteiger partial charge in [0.1, 0.15) is 23.8 Å². The van der Waals surface area contributed by atoms with Crippen molar-refractivity contribution in [1.29, 1.82) is 0 Å². The molecule has 0 amide bonds. The minimum absolute atomic E-state index is 0.0618. The van der Waals surface area contributed by atoms with Crippen LogP contribution in [-0.4, -0.2) is 9.97 Å². The van der Waals surface area contributed by atoms with Crippen LogP contribution in [0, 0.1) is 12.7 Å². The Bertz CT molecular complexity index is 837. The zero-order valence-electron chi connectivity index (χ0n) is 13.1. The maximum absolute atomic E-state index is 13.2. The molecule has 4 nitrogen and oxygen atoms in total. The van der Waals surface area contributed by atoms with E-state index in [-0.39, 0.29) is 5.02 Å². The van der Waals surface area contributed by atoms with Crippen LogP contribution < -0.4 is 10.6 Å². The number of aromatic nitrogens is 2. The molecule has 3 rings (SSSR count). The maximum atomic E-state index is 13.2. The second-order valence-corrected chi connectivity index (χ2v) is 5.79. The van der Waals surface area contributed by atoms with E-state index in [1.165, 1.54) is 29.6 Å². The van der Waals surface area contributed by atoms with Gasteiger partial charge >= 0.3 is 0 Å². The van der Waals surface area contributed by atoms with Crippen LogP contribution in [0.4, 0.5) is 21.7 Å². The van der Waals surface area contributed by atoms with Crippen molar-refractivity contribution in [3.05, 3.63) is 76.8 Å². The number of aryl methyl sites for hydroxylation is 1. The van der Waals surface area contributed by atoms with Gasteiger partial charge in [0.15, 0.2) is 0 Å². The molecular formula is C18H16ClFN4. The van der Waals surface area contributed by atoms with E-state index in [2.05, 4.69) is 51.8 Å². The number of rotatable bonds is 5. The third-order valence-electron chi connectivity index (χ3n) is 3.45. The summed E-state index contributed by atoms with van der Waals surface area (Å²) in [4.78, 5) is 8.35. The molecule has 122 valence electrons. The molecule has 24 heavy (non-hydrogen) atoms. The topological polar surface area (TPSA) is 49.8 Å². The van der Waals surface area contributed by atoms with Gasteiger partial charge in [-0.1, -0.05) is 41.4 Å². The fraction of sp³-hybridized carbons (Fsp3) is 0.111. The SMILES string of the molecule is Cc1ccc(CNc2cc(Nc3ccc(F)c(Cl)c3)ncn2)cc1. The average Bonchev–Trinajstić information content (AvgIpc) is 2.58. The van der Waals surface area contributed by atoms with Crippen molar-refractivity contribution in [1.82, 2.24) is 9.97 Å². The van der Waals surface area contributed by atoms with Crippen LogP contribution >= 0.6 is 11.6 Å². The lowest BCUT2D eigenvalue weighted by Crippen LogP contribution is -2.03. The van der Waals surface area contributed by atoms with Gasteiger partial charge in [-0.15, -0.1) is 0 Å². The molecule has 1 aromatic heterocycles. The summed E-state index contributed by atoms with van der Waals surface area (Å²) in [6.45, 7) is 2.72. The van der Waals surface area contributed by atoms with Crippen molar-refractivity contribution in [2.45, 2.75) is 13.5 Å². The van der Waals surface area contributed by atoms with E-state index in [0.29, 0.717) is 23.9 Å². The van der Waals surface area contributed by atoms with Gasteiger partial charge < -0.3 is 10.6 Å². The summed E-state index contributed by atoms with van der Waals surface area (Å²) >= 11 is 5.78. The van der Waals surface area contributed by atoms with Gasteiger partial charge in [0.2, 0.25) is 0 Å². The summed E-state index contributed by atoms with van der Waals surface area (Å²) in [6, 6.07) is 14.5. The number of anilines is 3. The number of nitrogens with zero attached hydrogens (tertiary/aromatic N) is 2. The van der Waals surface area contributed by atoms with Crippen molar-refractivity contribution in [3.8, 4) is 0 Å². The molecule has 0 unspecified atom stereocenters. The Hall–Kier alpha value is -2.66. The van der Waals surface area contributed by atoms with Crippen LogP contribution in [0.15, 0.2) is 54.9 Å². The standard InChI is InChI=1S/C18H16ClFN4/c1-12-2-4-13(5-3-12)10-21-17-9-18(23-11-22-17)24-14-6-7-16(20)15(19)8-14/h2-9,11H,10H2,1H3,(H2,21,22,23,24). The third-order valence-corrected chi connectivity index (χ3v) is 3.74. The van der Waals surface area contributed by atoms with Gasteiger partial charge in [0.05, 0.1) is 5.02 Å². The van der Waals surface area contributed by atoms with Crippen LogP contribution in [0.1, 0.15) is 11.1 Å². The number of hydrogen-bond donors (Lipinski definition) is 2. The van der Waals surface area contributed by atoms with E-state index < -0.39 is 5.82 Å². The van der Waals surface area contributed by atoms with Crippen molar-refractivity contribution >= 4 is 28.9 Å². The first-order chi connectivity index (χ1) is 11.6. The number of nitrogens with one attached hydrogen (secondary N) is 2. The maximum Gasteiger partial charge on any atom is 0.141 e. The molecule has 0 fully saturated rings. The van der Waals surface area contributed by atoms with Gasteiger partial charge in [-0.3, -0.25) is 0 Å². The quantitative estimate of drug-likeness (QED) is 0.690. The lowest BCUT2D eigenvalue weighted by atomic mass is 10.1. The Morgan fingerprint density at radius 3 is 2.50 bits per heavy atom. The number of halogens is 2. The minimum Gasteiger partial charge on any atom is -0.366 e. The van der Waals surface area contributed by atoms with E-state index >= 15 is 0 Å². The van der Waals surface area contributed by atoms with Gasteiger partial charge in [-0.25, -0.2) is 14.4 Å². The molecule has 3 aromatic rings. The van der Waals surface area contributed by atoms with E-state index in [0.717, 1.165) is 0 Å². The Balaban J connectivity index is 1.67. The van der Waals surface area contributed by atoms with Crippen LogP contribution in [0.2, 0.25) is 5.02 Å². The molecule has 0 saturated heterocycles. The first kappa shape index (κ1) is 16.2. The number of benzene rings is 2. The Morgan fingerprint density at radius 2 is 1.75 bits per heavy atom. The summed E-state index contributed by atoms with van der Waals surface area (Å²) in [7, 11) is 0. The highest BCUT2D eigenvalue weighted by Gasteiger charge is 2.03. The smallest absolute Gasteiger partial charge is 0.141 e. The van der Waals surface area contributed by atoms with Gasteiger partial charge in [0, 0.05) is 18.3 Å². The molecule has 1 heterocycles. The van der Waals surface area contributed by atoms with E-state index in [4.69, 9.17) is 11.6 Å². The Morgan fingerprint density at radius 1 is 1.00 bits per heavy atom. The molecule has 0 bridgehead atoms. The normalized spacial score (nSPS) is 10.5. The van der Waals surface area contributed by atoms with E-state index in [1.807, 2.05) is 0 Å². The predicted octanol–water partition coefficient (Wildman–Crippen LogP) is 4.93. The van der Waals surface area contributed by atoms with Crippen molar-refractivity contribution in [2.24, 2.45) is 0 Å². The second-order valence-electron chi connectivity index (χ2n) is 5.38. The molecule has 0 saturated carbocycles. The second kappa shape index (κ2) is 7.27. The molecule has 0 radical (unpaired) electrons. The fourth-order valence-corrected chi connectivity index (χ4v) is 2.32. The van der Waals surface area contributed by atoms with E-state index in [1.54, 1.807) is 12.1 Å². The lowest BCUT2D eigenvalue weighted by Gasteiger charge is -2.09. The summed E-state index contributed by atoms with van der Waals surface area (Å²) < 4.78 is 13.2. The molecule has 6 heteroatoms. The highest BCUT2D eigenvalue weighted by molar-refractivity contribution is 6.31. The molecule has 2 aromatic carbocycles. The lowest BCUT2D eigenvalue weighted by molar-refractivity contribution is 0.628. The predicted molar refractivity (Wildman–Crippen MR) is 95.2 cm³/mol. The minimum atomic E-state index is -0.453. The summed E-state index contributed by atoms with van der Waals surface area (Å²) in [5.74, 6) is 0.839. The van der Waals surface area contributed by atoms with Crippen molar-refractivity contribution < 1.29 is 4.39 Å². The van der Waals surface area contributed by atoms with Crippen molar-refractivity contribution in [3.63, 3.8) is 0 Å². The molecule has 0 aliphatic heterocycles. The molecular weight excluding hydrogens is 327 g/mol. The highest BCUT2D eigenvalue weighted by Crippen LogP contribution is 2.22. The van der Waals surface area contributed by atoms with Gasteiger partial charge in [-0.2, -0.15) is 0 Å². The van der Waals surface area contributed by atoms with Gasteiger partial charge in [0.25, 0.3) is 0 Å². The first-order valence-corrected chi connectivity index (χ1v) is 7.81.